The third-order valence-corrected chi connectivity index (χ3v) is 4.57. The Balaban J connectivity index is 2.00. The highest BCUT2D eigenvalue weighted by Crippen LogP contribution is 2.23. The molecule has 0 radical (unpaired) electrons. The lowest BCUT2D eigenvalue weighted by Gasteiger charge is -2.04. The summed E-state index contributed by atoms with van der Waals surface area (Å²) in [5.74, 6) is -0.237. The number of carbonyl (C=O) groups excluding carboxylic acids is 2. The molecule has 0 saturated heterocycles. The summed E-state index contributed by atoms with van der Waals surface area (Å²) in [7, 11) is 0. The fourth-order valence-electron chi connectivity index (χ4n) is 2.15. The molecule has 1 amide bonds. The number of anilines is 1. The number of aromatic nitrogens is 1. The zero-order valence-corrected chi connectivity index (χ0v) is 15.6. The maximum atomic E-state index is 12.0. The summed E-state index contributed by atoms with van der Waals surface area (Å²) in [6.45, 7) is 8.04. The number of carbonyl (C=O) groups is 2. The van der Waals surface area contributed by atoms with Crippen LogP contribution in [0.15, 0.2) is 30.3 Å². The average molecular weight is 358 g/mol. The van der Waals surface area contributed by atoms with E-state index in [4.69, 9.17) is 4.74 Å². The van der Waals surface area contributed by atoms with Crippen LogP contribution in [0.5, 0.6) is 0 Å². The molecule has 25 heavy (non-hydrogen) atoms. The Morgan fingerprint density at radius 3 is 2.56 bits per heavy atom. The summed E-state index contributed by atoms with van der Waals surface area (Å²) in [5.41, 5.74) is 2.75. The molecule has 1 aromatic heterocycles. The number of thiazole rings is 1. The molecule has 0 aliphatic rings. The minimum Gasteiger partial charge on any atom is -0.462 e. The number of benzene rings is 1. The maximum Gasteiger partial charge on any atom is 0.350 e. The van der Waals surface area contributed by atoms with Crippen LogP contribution in [-0.4, -0.2) is 23.5 Å². The lowest BCUT2D eigenvalue weighted by Crippen LogP contribution is -2.07. The van der Waals surface area contributed by atoms with Gasteiger partial charge in [0.1, 0.15) is 4.88 Å². The summed E-state index contributed by atoms with van der Waals surface area (Å²) in [4.78, 5) is 28.4. The van der Waals surface area contributed by atoms with E-state index in [1.807, 2.05) is 12.1 Å². The molecule has 0 unspecified atom stereocenters. The smallest absolute Gasteiger partial charge is 0.350 e. The first-order valence-corrected chi connectivity index (χ1v) is 8.96. The first kappa shape index (κ1) is 18.9. The van der Waals surface area contributed by atoms with E-state index in [2.05, 4.69) is 36.3 Å². The van der Waals surface area contributed by atoms with Crippen LogP contribution in [-0.2, 0) is 9.53 Å². The molecule has 6 heteroatoms. The van der Waals surface area contributed by atoms with Crippen molar-refractivity contribution in [3.05, 3.63) is 52.0 Å². The van der Waals surface area contributed by atoms with Crippen molar-refractivity contribution in [2.24, 2.45) is 0 Å². The first-order chi connectivity index (χ1) is 11.9. The Bertz CT molecular complexity index is 776. The number of hydrogen-bond acceptors (Lipinski definition) is 5. The number of hydrogen-bond donors (Lipinski definition) is 1. The van der Waals surface area contributed by atoms with Crippen LogP contribution in [0.1, 0.15) is 53.2 Å². The second-order valence-corrected chi connectivity index (χ2v) is 6.80. The van der Waals surface area contributed by atoms with Crippen molar-refractivity contribution in [3.63, 3.8) is 0 Å². The van der Waals surface area contributed by atoms with Crippen molar-refractivity contribution in [1.29, 1.82) is 0 Å². The first-order valence-electron chi connectivity index (χ1n) is 8.14. The highest BCUT2D eigenvalue weighted by Gasteiger charge is 2.16. The van der Waals surface area contributed by atoms with Gasteiger partial charge in [-0.05, 0) is 37.0 Å². The summed E-state index contributed by atoms with van der Waals surface area (Å²) in [6.07, 6.45) is 3.19. The van der Waals surface area contributed by atoms with E-state index < -0.39 is 5.97 Å². The van der Waals surface area contributed by atoms with Crippen molar-refractivity contribution in [2.45, 2.75) is 33.6 Å². The van der Waals surface area contributed by atoms with Crippen molar-refractivity contribution in [3.8, 4) is 0 Å². The third kappa shape index (κ3) is 5.26. The van der Waals surface area contributed by atoms with Gasteiger partial charge in [-0.2, -0.15) is 0 Å². The normalized spacial score (nSPS) is 11.1. The van der Waals surface area contributed by atoms with Crippen LogP contribution in [0.3, 0.4) is 0 Å². The van der Waals surface area contributed by atoms with Crippen molar-refractivity contribution in [2.75, 3.05) is 11.9 Å². The SMILES string of the molecule is CCOC(=O)c1sc(NC(=O)/C=C/c2ccc(C(C)C)cc2)nc1C. The summed E-state index contributed by atoms with van der Waals surface area (Å²) < 4.78 is 4.96. The molecule has 2 aromatic rings. The Labute approximate surface area is 151 Å². The molecule has 0 fully saturated rings. The van der Waals surface area contributed by atoms with Crippen LogP contribution in [0, 0.1) is 6.92 Å². The third-order valence-electron chi connectivity index (χ3n) is 3.52. The molecule has 0 aliphatic carbocycles. The van der Waals surface area contributed by atoms with E-state index in [0.717, 1.165) is 16.9 Å². The Kier molecular flexibility index (Phi) is 6.47. The van der Waals surface area contributed by atoms with Gasteiger partial charge in [-0.25, -0.2) is 9.78 Å². The number of esters is 1. The summed E-state index contributed by atoms with van der Waals surface area (Å²) in [5, 5.41) is 3.05. The van der Waals surface area contributed by atoms with Crippen molar-refractivity contribution < 1.29 is 14.3 Å². The molecule has 0 aliphatic heterocycles. The largest absolute Gasteiger partial charge is 0.462 e. The van der Waals surface area contributed by atoms with Gasteiger partial charge >= 0.3 is 5.97 Å². The minimum absolute atomic E-state index is 0.294. The van der Waals surface area contributed by atoms with Crippen LogP contribution in [0.4, 0.5) is 5.13 Å². The molecule has 1 N–H and O–H groups in total. The van der Waals surface area contributed by atoms with Gasteiger partial charge in [0.15, 0.2) is 5.13 Å². The number of nitrogens with one attached hydrogen (secondary N) is 1. The van der Waals surface area contributed by atoms with E-state index >= 15 is 0 Å². The highest BCUT2D eigenvalue weighted by atomic mass is 32.1. The van der Waals surface area contributed by atoms with Crippen molar-refractivity contribution >= 4 is 34.4 Å². The van der Waals surface area contributed by atoms with Crippen molar-refractivity contribution in [1.82, 2.24) is 4.98 Å². The van der Waals surface area contributed by atoms with Crippen LogP contribution < -0.4 is 5.32 Å². The molecular weight excluding hydrogens is 336 g/mol. The number of nitrogens with zero attached hydrogens (tertiary/aromatic N) is 1. The van der Waals surface area contributed by atoms with Gasteiger partial charge in [0.05, 0.1) is 12.3 Å². The number of ether oxygens (including phenoxy) is 1. The van der Waals surface area contributed by atoms with E-state index in [0.29, 0.717) is 28.2 Å². The Hall–Kier alpha value is -2.47. The summed E-state index contributed by atoms with van der Waals surface area (Å²) in [6, 6.07) is 8.06. The minimum atomic E-state index is -0.418. The van der Waals surface area contributed by atoms with Crippen LogP contribution in [0.25, 0.3) is 6.08 Å². The highest BCUT2D eigenvalue weighted by molar-refractivity contribution is 7.17. The number of aryl methyl sites for hydroxylation is 1. The molecule has 0 atom stereocenters. The lowest BCUT2D eigenvalue weighted by atomic mass is 10.0. The molecule has 1 heterocycles. The molecule has 5 nitrogen and oxygen atoms in total. The molecule has 0 bridgehead atoms. The Morgan fingerprint density at radius 1 is 1.28 bits per heavy atom. The van der Waals surface area contributed by atoms with Crippen LogP contribution >= 0.6 is 11.3 Å². The zero-order valence-electron chi connectivity index (χ0n) is 14.8. The van der Waals surface area contributed by atoms with E-state index in [1.165, 1.54) is 11.6 Å². The van der Waals surface area contributed by atoms with Gasteiger partial charge in [-0.3, -0.25) is 10.1 Å². The standard InChI is InChI=1S/C19H22N2O3S/c1-5-24-18(23)17-13(4)20-19(25-17)21-16(22)11-8-14-6-9-15(10-7-14)12(2)3/h6-12H,5H2,1-4H3,(H,20,21,22)/b11-8+. The van der Waals surface area contributed by atoms with E-state index in [1.54, 1.807) is 19.9 Å². The fourth-order valence-corrected chi connectivity index (χ4v) is 3.01. The van der Waals surface area contributed by atoms with E-state index in [9.17, 15) is 9.59 Å². The Morgan fingerprint density at radius 2 is 1.96 bits per heavy atom. The summed E-state index contributed by atoms with van der Waals surface area (Å²) >= 11 is 1.11. The second-order valence-electron chi connectivity index (χ2n) is 5.80. The van der Waals surface area contributed by atoms with Gasteiger partial charge in [0, 0.05) is 6.08 Å². The van der Waals surface area contributed by atoms with Gasteiger partial charge in [-0.1, -0.05) is 49.4 Å². The van der Waals surface area contributed by atoms with Gasteiger partial charge < -0.3 is 4.74 Å². The molecule has 2 rings (SSSR count). The zero-order chi connectivity index (χ0) is 18.4. The quantitative estimate of drug-likeness (QED) is 0.614. The van der Waals surface area contributed by atoms with Gasteiger partial charge in [0.25, 0.3) is 0 Å². The molecule has 132 valence electrons. The van der Waals surface area contributed by atoms with E-state index in [-0.39, 0.29) is 5.91 Å². The molecule has 0 spiro atoms. The molecule has 0 saturated carbocycles. The van der Waals surface area contributed by atoms with Crippen LogP contribution in [0.2, 0.25) is 0 Å². The fraction of sp³-hybridized carbons (Fsp3) is 0.316. The van der Waals surface area contributed by atoms with Gasteiger partial charge in [-0.15, -0.1) is 0 Å². The lowest BCUT2D eigenvalue weighted by molar-refractivity contribution is -0.111. The molecule has 1 aromatic carbocycles. The predicted octanol–water partition coefficient (Wildman–Crippen LogP) is 4.40. The predicted molar refractivity (Wildman–Crippen MR) is 101 cm³/mol. The second kappa shape index (κ2) is 8.58. The molecular formula is C19H22N2O3S. The number of amides is 1. The van der Waals surface area contributed by atoms with Gasteiger partial charge in [0.2, 0.25) is 5.91 Å². The number of rotatable bonds is 6. The topological polar surface area (TPSA) is 68.3 Å². The average Bonchev–Trinajstić information content (AvgIpc) is 2.94. The maximum absolute atomic E-state index is 12.0. The monoisotopic (exact) mass is 358 g/mol.